The Labute approximate surface area is 131 Å². The van der Waals surface area contributed by atoms with E-state index in [1.165, 1.54) is 32.1 Å². The summed E-state index contributed by atoms with van der Waals surface area (Å²) >= 11 is 6.38. The predicted octanol–water partition coefficient (Wildman–Crippen LogP) is 4.16. The lowest BCUT2D eigenvalue weighted by atomic mass is 9.71. The maximum absolute atomic E-state index is 6.38. The van der Waals surface area contributed by atoms with E-state index in [1.54, 1.807) is 0 Å². The average Bonchev–Trinajstić information content (AvgIpc) is 2.86. The number of halogens is 1. The van der Waals surface area contributed by atoms with Crippen LogP contribution in [0.25, 0.3) is 11.0 Å². The molecule has 21 heavy (non-hydrogen) atoms. The van der Waals surface area contributed by atoms with E-state index in [0.29, 0.717) is 0 Å². The summed E-state index contributed by atoms with van der Waals surface area (Å²) in [6.07, 6.45) is 7.36. The van der Waals surface area contributed by atoms with Crippen LogP contribution in [0.1, 0.15) is 44.9 Å². The van der Waals surface area contributed by atoms with Crippen LogP contribution in [0.15, 0.2) is 18.2 Å². The van der Waals surface area contributed by atoms with E-state index in [-0.39, 0.29) is 5.41 Å². The highest BCUT2D eigenvalue weighted by Gasteiger charge is 2.32. The first-order chi connectivity index (χ1) is 10.2. The van der Waals surface area contributed by atoms with Crippen molar-refractivity contribution in [1.82, 2.24) is 9.55 Å². The molecule has 0 spiro atoms. The minimum Gasteiger partial charge on any atom is -0.330 e. The summed E-state index contributed by atoms with van der Waals surface area (Å²) in [6.45, 7) is 3.81. The summed E-state index contributed by atoms with van der Waals surface area (Å²) in [4.78, 5) is 4.85. The van der Waals surface area contributed by atoms with Crippen LogP contribution in [0.2, 0.25) is 5.02 Å². The fourth-order valence-electron chi connectivity index (χ4n) is 3.76. The van der Waals surface area contributed by atoms with Gasteiger partial charge in [0, 0.05) is 13.0 Å². The van der Waals surface area contributed by atoms with E-state index in [2.05, 4.69) is 11.5 Å². The lowest BCUT2D eigenvalue weighted by molar-refractivity contribution is 0.192. The molecule has 0 aliphatic heterocycles. The Hall–Kier alpha value is -1.06. The third-order valence-corrected chi connectivity index (χ3v) is 5.30. The number of imidazole rings is 1. The smallest absolute Gasteiger partial charge is 0.110 e. The zero-order chi connectivity index (χ0) is 14.9. The Morgan fingerprint density at radius 1 is 1.29 bits per heavy atom. The zero-order valence-electron chi connectivity index (χ0n) is 12.7. The van der Waals surface area contributed by atoms with Crippen molar-refractivity contribution in [2.45, 2.75) is 52.0 Å². The summed E-state index contributed by atoms with van der Waals surface area (Å²) in [6, 6.07) is 5.97. The van der Waals surface area contributed by atoms with Gasteiger partial charge in [0.1, 0.15) is 5.82 Å². The summed E-state index contributed by atoms with van der Waals surface area (Å²) in [5.74, 6) is 1.15. The molecule has 0 unspecified atom stereocenters. The Morgan fingerprint density at radius 2 is 2.05 bits per heavy atom. The number of aryl methyl sites for hydroxylation is 1. The van der Waals surface area contributed by atoms with Crippen molar-refractivity contribution in [3.63, 3.8) is 0 Å². The molecule has 1 aliphatic carbocycles. The lowest BCUT2D eigenvalue weighted by Gasteiger charge is -2.36. The molecule has 3 nitrogen and oxygen atoms in total. The van der Waals surface area contributed by atoms with Crippen molar-refractivity contribution >= 4 is 22.6 Å². The highest BCUT2D eigenvalue weighted by Crippen LogP contribution is 2.39. The summed E-state index contributed by atoms with van der Waals surface area (Å²) in [5, 5.41) is 0.790. The fraction of sp³-hybridized carbons (Fsp3) is 0.588. The molecule has 1 heterocycles. The van der Waals surface area contributed by atoms with Crippen LogP contribution in [0.5, 0.6) is 0 Å². The minimum absolute atomic E-state index is 0.235. The number of fused-ring (bicyclic) bond motifs is 1. The maximum atomic E-state index is 6.38. The van der Waals surface area contributed by atoms with E-state index < -0.39 is 0 Å². The molecule has 1 saturated carbocycles. The molecular weight excluding hydrogens is 282 g/mol. The number of benzene rings is 1. The van der Waals surface area contributed by atoms with Gasteiger partial charge in [0.25, 0.3) is 0 Å². The van der Waals surface area contributed by atoms with Crippen LogP contribution in [-0.4, -0.2) is 16.1 Å². The standard InChI is InChI=1S/C17H24ClN3/c1-2-21-15(11-17(12-19)9-4-3-5-10-17)20-14-8-6-7-13(18)16(14)21/h6-8H,2-5,9-12,19H2,1H3. The topological polar surface area (TPSA) is 43.8 Å². The Kier molecular flexibility index (Phi) is 4.23. The quantitative estimate of drug-likeness (QED) is 0.921. The van der Waals surface area contributed by atoms with Crippen LogP contribution in [-0.2, 0) is 13.0 Å². The van der Waals surface area contributed by atoms with Crippen molar-refractivity contribution < 1.29 is 0 Å². The van der Waals surface area contributed by atoms with Crippen LogP contribution in [0, 0.1) is 5.41 Å². The first kappa shape index (κ1) is 14.9. The molecular formula is C17H24ClN3. The Balaban J connectivity index is 2.02. The largest absolute Gasteiger partial charge is 0.330 e. The fourth-order valence-corrected chi connectivity index (χ4v) is 4.03. The second-order valence-electron chi connectivity index (χ2n) is 6.32. The van der Waals surface area contributed by atoms with Gasteiger partial charge in [-0.15, -0.1) is 0 Å². The van der Waals surface area contributed by atoms with Crippen LogP contribution >= 0.6 is 11.6 Å². The van der Waals surface area contributed by atoms with Crippen molar-refractivity contribution in [2.24, 2.45) is 11.1 Å². The molecule has 1 aromatic carbocycles. The number of nitrogens with two attached hydrogens (primary N) is 1. The van der Waals surface area contributed by atoms with Crippen molar-refractivity contribution in [3.05, 3.63) is 29.0 Å². The van der Waals surface area contributed by atoms with Gasteiger partial charge in [-0.1, -0.05) is 36.9 Å². The van der Waals surface area contributed by atoms with Gasteiger partial charge >= 0.3 is 0 Å². The predicted molar refractivity (Wildman–Crippen MR) is 88.7 cm³/mol. The molecule has 0 amide bonds. The molecule has 1 fully saturated rings. The molecule has 2 N–H and O–H groups in total. The van der Waals surface area contributed by atoms with Crippen molar-refractivity contribution in [3.8, 4) is 0 Å². The number of para-hydroxylation sites is 1. The molecule has 0 atom stereocenters. The molecule has 1 aromatic heterocycles. The molecule has 114 valence electrons. The van der Waals surface area contributed by atoms with E-state index in [4.69, 9.17) is 22.3 Å². The van der Waals surface area contributed by atoms with E-state index in [0.717, 1.165) is 41.4 Å². The van der Waals surface area contributed by atoms with Gasteiger partial charge in [0.2, 0.25) is 0 Å². The zero-order valence-corrected chi connectivity index (χ0v) is 13.5. The summed E-state index contributed by atoms with van der Waals surface area (Å²) < 4.78 is 2.27. The number of nitrogens with zero attached hydrogens (tertiary/aromatic N) is 2. The summed E-state index contributed by atoms with van der Waals surface area (Å²) in [7, 11) is 0. The van der Waals surface area contributed by atoms with E-state index >= 15 is 0 Å². The van der Waals surface area contributed by atoms with Crippen molar-refractivity contribution in [1.29, 1.82) is 0 Å². The van der Waals surface area contributed by atoms with E-state index in [1.807, 2.05) is 18.2 Å². The van der Waals surface area contributed by atoms with Crippen LogP contribution in [0.4, 0.5) is 0 Å². The van der Waals surface area contributed by atoms with Crippen LogP contribution < -0.4 is 5.73 Å². The highest BCUT2D eigenvalue weighted by atomic mass is 35.5. The summed E-state index contributed by atoms with van der Waals surface area (Å²) in [5.41, 5.74) is 8.45. The first-order valence-electron chi connectivity index (χ1n) is 8.03. The van der Waals surface area contributed by atoms with Gasteiger partial charge in [-0.05, 0) is 43.9 Å². The third kappa shape index (κ3) is 2.69. The van der Waals surface area contributed by atoms with Gasteiger partial charge in [0.15, 0.2) is 0 Å². The van der Waals surface area contributed by atoms with Crippen molar-refractivity contribution in [2.75, 3.05) is 6.54 Å². The molecule has 0 bridgehead atoms. The average molecular weight is 306 g/mol. The van der Waals surface area contributed by atoms with Gasteiger partial charge in [-0.2, -0.15) is 0 Å². The maximum Gasteiger partial charge on any atom is 0.110 e. The molecule has 0 saturated heterocycles. The highest BCUT2D eigenvalue weighted by molar-refractivity contribution is 6.35. The minimum atomic E-state index is 0.235. The van der Waals surface area contributed by atoms with Gasteiger partial charge in [-0.25, -0.2) is 4.98 Å². The SMILES string of the molecule is CCn1c(CC2(CN)CCCCC2)nc2cccc(Cl)c21. The molecule has 2 aromatic rings. The van der Waals surface area contributed by atoms with Crippen LogP contribution in [0.3, 0.4) is 0 Å². The normalized spacial score (nSPS) is 18.2. The lowest BCUT2D eigenvalue weighted by Crippen LogP contribution is -2.35. The number of hydrogen-bond acceptors (Lipinski definition) is 2. The number of rotatable bonds is 4. The second kappa shape index (κ2) is 5.98. The number of aromatic nitrogens is 2. The third-order valence-electron chi connectivity index (χ3n) is 4.99. The Bertz CT molecular complexity index is 626. The monoisotopic (exact) mass is 305 g/mol. The molecule has 4 heteroatoms. The molecule has 3 rings (SSSR count). The molecule has 0 radical (unpaired) electrons. The van der Waals surface area contributed by atoms with Gasteiger partial charge in [-0.3, -0.25) is 0 Å². The van der Waals surface area contributed by atoms with E-state index in [9.17, 15) is 0 Å². The second-order valence-corrected chi connectivity index (χ2v) is 6.73. The van der Waals surface area contributed by atoms with Gasteiger partial charge < -0.3 is 10.3 Å². The molecule has 1 aliphatic rings. The van der Waals surface area contributed by atoms with Gasteiger partial charge in [0.05, 0.1) is 16.1 Å². The first-order valence-corrected chi connectivity index (χ1v) is 8.40. The number of hydrogen-bond donors (Lipinski definition) is 1. The Morgan fingerprint density at radius 3 is 2.71 bits per heavy atom.